The van der Waals surface area contributed by atoms with Gasteiger partial charge in [-0.3, -0.25) is 25.0 Å². The molecular weight excluding hydrogens is 917 g/mol. The van der Waals surface area contributed by atoms with Gasteiger partial charge in [0.2, 0.25) is 11.8 Å². The van der Waals surface area contributed by atoms with E-state index in [4.69, 9.17) is 23.9 Å². The molecule has 20 heteroatoms. The molecule has 0 fully saturated rings. The van der Waals surface area contributed by atoms with Crippen molar-refractivity contribution in [1.82, 2.24) is 36.7 Å². The fourth-order valence-electron chi connectivity index (χ4n) is 6.97. The van der Waals surface area contributed by atoms with E-state index in [2.05, 4.69) is 86.4 Å². The normalized spacial score (nSPS) is 12.8. The molecule has 0 saturated heterocycles. The SMILES string of the molecule is CC(C)(CCCCOc1cc(-c2ccccc2)cc(-c2ccccc2)n1)C1=NNN(CC(=O)NCCCOCCOCCOCCCNC(=O)c2ccc(N/N=C\c3ccccc3S(=O)(=O)O)nc2)N1. The maximum Gasteiger partial charge on any atom is 0.295 e. The van der Waals surface area contributed by atoms with Crippen molar-refractivity contribution in [2.45, 2.75) is 50.8 Å². The van der Waals surface area contributed by atoms with Crippen molar-refractivity contribution < 1.29 is 41.5 Å². The molecular formula is C50H62N10O9S. The van der Waals surface area contributed by atoms with Gasteiger partial charge in [-0.2, -0.15) is 13.5 Å². The smallest absolute Gasteiger partial charge is 0.295 e. The molecule has 6 rings (SSSR count). The molecule has 0 unspecified atom stereocenters. The molecule has 0 saturated carbocycles. The predicted molar refractivity (Wildman–Crippen MR) is 267 cm³/mol. The molecule has 0 spiro atoms. The number of unbranched alkanes of at least 4 members (excludes halogenated alkanes) is 1. The van der Waals surface area contributed by atoms with Crippen LogP contribution in [0.4, 0.5) is 5.82 Å². The van der Waals surface area contributed by atoms with Crippen molar-refractivity contribution in [3.63, 3.8) is 0 Å². The molecule has 3 heterocycles. The van der Waals surface area contributed by atoms with Crippen molar-refractivity contribution in [3.05, 3.63) is 127 Å². The van der Waals surface area contributed by atoms with Gasteiger partial charge in [0.25, 0.3) is 16.0 Å². The molecule has 70 heavy (non-hydrogen) atoms. The van der Waals surface area contributed by atoms with Gasteiger partial charge in [0, 0.05) is 55.1 Å². The molecule has 0 aliphatic carbocycles. The van der Waals surface area contributed by atoms with E-state index >= 15 is 0 Å². The number of hydrogen-bond acceptors (Lipinski definition) is 16. The van der Waals surface area contributed by atoms with Crippen LogP contribution in [0.2, 0.25) is 0 Å². The lowest BCUT2D eigenvalue weighted by Gasteiger charge is -2.25. The van der Waals surface area contributed by atoms with Gasteiger partial charge < -0.3 is 29.6 Å². The molecule has 1 aliphatic heterocycles. The maximum atomic E-state index is 12.6. The Kier molecular flexibility index (Phi) is 20.6. The van der Waals surface area contributed by atoms with E-state index in [9.17, 15) is 22.6 Å². The summed E-state index contributed by atoms with van der Waals surface area (Å²) in [5, 5.41) is 15.7. The number of rotatable bonds is 30. The topological polar surface area (TPSA) is 239 Å². The highest BCUT2D eigenvalue weighted by molar-refractivity contribution is 7.86. The Labute approximate surface area is 409 Å². The molecule has 0 bridgehead atoms. The van der Waals surface area contributed by atoms with Gasteiger partial charge in [-0.05, 0) is 67.5 Å². The van der Waals surface area contributed by atoms with Gasteiger partial charge >= 0.3 is 0 Å². The van der Waals surface area contributed by atoms with Crippen LogP contribution in [0.15, 0.2) is 130 Å². The summed E-state index contributed by atoms with van der Waals surface area (Å²) in [6, 6.07) is 33.4. The Morgan fingerprint density at radius 3 is 2.10 bits per heavy atom. The van der Waals surface area contributed by atoms with Gasteiger partial charge in [-0.15, -0.1) is 10.2 Å². The second-order valence-electron chi connectivity index (χ2n) is 16.7. The highest BCUT2D eigenvalue weighted by Gasteiger charge is 2.30. The van der Waals surface area contributed by atoms with Crippen LogP contribution in [0.5, 0.6) is 5.88 Å². The second-order valence-corrected chi connectivity index (χ2v) is 18.1. The third kappa shape index (κ3) is 17.6. The van der Waals surface area contributed by atoms with E-state index in [1.54, 1.807) is 23.3 Å². The standard InChI is InChI=1S/C50H62N10O9S/c1-50(2,23-11-12-28-69-47-34-42(38-15-5-3-6-16-38)33-43(55-47)39-17-7-4-8-18-39)49-57-59-60(58-49)37-46(61)51-24-13-26-66-29-31-68-32-30-67-27-14-25-52-48(62)41-21-22-45(53-35-41)56-54-36-40-19-9-10-20-44(40)70(63,64)65/h3-10,15-22,33-36,59H,11-14,23-32,37H2,1-2H3,(H,51,61)(H,52,62)(H,53,56)(H,57,58)(H,63,64,65)/b54-36-. The number of aromatic nitrogens is 2. The van der Waals surface area contributed by atoms with Crippen molar-refractivity contribution in [2.75, 3.05) is 71.3 Å². The average molecular weight is 979 g/mol. The number of nitrogens with one attached hydrogen (secondary N) is 5. The van der Waals surface area contributed by atoms with Gasteiger partial charge in [0.1, 0.15) is 23.1 Å². The number of carbonyl (C=O) groups is 2. The van der Waals surface area contributed by atoms with Crippen LogP contribution in [-0.4, -0.2) is 118 Å². The van der Waals surface area contributed by atoms with Crippen LogP contribution in [0.25, 0.3) is 22.4 Å². The summed E-state index contributed by atoms with van der Waals surface area (Å²) < 4.78 is 55.4. The zero-order chi connectivity index (χ0) is 49.4. The summed E-state index contributed by atoms with van der Waals surface area (Å²) >= 11 is 0. The van der Waals surface area contributed by atoms with Crippen molar-refractivity contribution in [1.29, 1.82) is 0 Å². The van der Waals surface area contributed by atoms with E-state index < -0.39 is 10.1 Å². The van der Waals surface area contributed by atoms with Crippen LogP contribution in [0, 0.1) is 5.41 Å². The third-order valence-corrected chi connectivity index (χ3v) is 11.7. The fraction of sp³-hybridized carbons (Fsp3) is 0.360. The monoisotopic (exact) mass is 978 g/mol. The zero-order valence-corrected chi connectivity index (χ0v) is 40.3. The highest BCUT2D eigenvalue weighted by atomic mass is 32.2. The van der Waals surface area contributed by atoms with E-state index in [1.165, 1.54) is 30.6 Å². The molecule has 6 N–H and O–H groups in total. The highest BCUT2D eigenvalue weighted by Crippen LogP contribution is 2.30. The zero-order valence-electron chi connectivity index (χ0n) is 39.5. The van der Waals surface area contributed by atoms with Crippen LogP contribution < -0.4 is 31.8 Å². The molecule has 372 valence electrons. The average Bonchev–Trinajstić information content (AvgIpc) is 3.85. The number of hydrogen-bond donors (Lipinski definition) is 6. The first-order valence-corrected chi connectivity index (χ1v) is 24.6. The van der Waals surface area contributed by atoms with Gasteiger partial charge in [0.15, 0.2) is 0 Å². The summed E-state index contributed by atoms with van der Waals surface area (Å²) in [7, 11) is -4.40. The summed E-state index contributed by atoms with van der Waals surface area (Å²) in [6.07, 6.45) is 6.51. The lowest BCUT2D eigenvalue weighted by atomic mass is 9.86. The lowest BCUT2D eigenvalue weighted by molar-refractivity contribution is -0.123. The molecule has 5 aromatic rings. The molecule has 1 aliphatic rings. The van der Waals surface area contributed by atoms with Crippen molar-refractivity contribution in [3.8, 4) is 28.3 Å². The number of carbonyl (C=O) groups excluding carboxylic acids is 2. The van der Waals surface area contributed by atoms with Crippen LogP contribution in [-0.2, 0) is 29.1 Å². The van der Waals surface area contributed by atoms with E-state index in [0.717, 1.165) is 47.5 Å². The predicted octanol–water partition coefficient (Wildman–Crippen LogP) is 6.09. The number of amides is 2. The number of amidine groups is 1. The third-order valence-electron chi connectivity index (χ3n) is 10.8. The first kappa shape index (κ1) is 52.6. The summed E-state index contributed by atoms with van der Waals surface area (Å²) in [6.45, 7) is 8.32. The summed E-state index contributed by atoms with van der Waals surface area (Å²) in [5.74, 6) is 1.26. The van der Waals surface area contributed by atoms with Crippen molar-refractivity contribution >= 4 is 39.8 Å². The Morgan fingerprint density at radius 1 is 0.757 bits per heavy atom. The van der Waals surface area contributed by atoms with Gasteiger partial charge in [0.05, 0.1) is 50.5 Å². The van der Waals surface area contributed by atoms with Crippen LogP contribution >= 0.6 is 0 Å². The summed E-state index contributed by atoms with van der Waals surface area (Å²) in [5.41, 5.74) is 13.2. The fourth-order valence-corrected chi connectivity index (χ4v) is 7.64. The van der Waals surface area contributed by atoms with Crippen LogP contribution in [0.3, 0.4) is 0 Å². The van der Waals surface area contributed by atoms with E-state index in [-0.39, 0.29) is 34.2 Å². The second kappa shape index (κ2) is 27.4. The number of ether oxygens (including phenoxy) is 4. The molecule has 19 nitrogen and oxygen atoms in total. The molecule has 2 amide bonds. The van der Waals surface area contributed by atoms with Gasteiger partial charge in [-0.25, -0.2) is 15.5 Å². The quantitative estimate of drug-likeness (QED) is 0.0132. The van der Waals surface area contributed by atoms with Gasteiger partial charge in [-0.1, -0.05) is 92.7 Å². The Balaban J connectivity index is 0.729. The van der Waals surface area contributed by atoms with E-state index in [1.807, 2.05) is 42.5 Å². The van der Waals surface area contributed by atoms with E-state index in [0.29, 0.717) is 89.4 Å². The molecule has 2 aromatic heterocycles. The minimum absolute atomic E-state index is 0.0796. The number of hydrazone groups is 2. The number of nitrogens with zero attached hydrogens (tertiary/aromatic N) is 5. The Bertz CT molecular complexity index is 2530. The minimum Gasteiger partial charge on any atom is -0.478 e. The first-order valence-electron chi connectivity index (χ1n) is 23.2. The number of anilines is 1. The maximum absolute atomic E-state index is 12.6. The lowest BCUT2D eigenvalue weighted by Crippen LogP contribution is -2.49. The Morgan fingerprint density at radius 2 is 1.41 bits per heavy atom. The summed E-state index contributed by atoms with van der Waals surface area (Å²) in [4.78, 5) is 33.8. The number of hydrazine groups is 2. The first-order chi connectivity index (χ1) is 33.9. The molecule has 3 aromatic carbocycles. The Hall–Kier alpha value is -6.81. The molecule has 0 atom stereocenters. The van der Waals surface area contributed by atoms with Crippen LogP contribution in [0.1, 0.15) is 61.9 Å². The number of pyridine rings is 2. The minimum atomic E-state index is -4.40. The molecule has 0 radical (unpaired) electrons. The van der Waals surface area contributed by atoms with Crippen molar-refractivity contribution in [2.24, 2.45) is 15.6 Å². The largest absolute Gasteiger partial charge is 0.478 e. The number of benzene rings is 3.